The normalized spacial score (nSPS) is 17.9. The van der Waals surface area contributed by atoms with Crippen molar-refractivity contribution in [2.45, 2.75) is 32.1 Å². The van der Waals surface area contributed by atoms with Gasteiger partial charge in [-0.15, -0.1) is 0 Å². The van der Waals surface area contributed by atoms with Gasteiger partial charge >= 0.3 is 12.1 Å². The highest BCUT2D eigenvalue weighted by Gasteiger charge is 2.38. The fourth-order valence-electron chi connectivity index (χ4n) is 2.94. The van der Waals surface area contributed by atoms with Gasteiger partial charge in [-0.3, -0.25) is 9.69 Å². The third-order valence-corrected chi connectivity index (χ3v) is 4.78. The van der Waals surface area contributed by atoms with Crippen molar-refractivity contribution in [3.8, 4) is 11.4 Å². The topological polar surface area (TPSA) is 80.5 Å². The first kappa shape index (κ1) is 20.3. The zero-order chi connectivity index (χ0) is 20.3. The van der Waals surface area contributed by atoms with Crippen LogP contribution in [0.3, 0.4) is 0 Å². The van der Waals surface area contributed by atoms with E-state index in [1.165, 1.54) is 24.3 Å². The van der Waals surface area contributed by atoms with E-state index < -0.39 is 12.1 Å². The van der Waals surface area contributed by atoms with Crippen LogP contribution in [0.4, 0.5) is 13.2 Å². The molecule has 28 heavy (non-hydrogen) atoms. The van der Waals surface area contributed by atoms with Crippen LogP contribution < -0.4 is 5.32 Å². The van der Waals surface area contributed by atoms with E-state index in [4.69, 9.17) is 4.74 Å². The number of hydrogen-bond acceptors (Lipinski definition) is 6. The largest absolute Gasteiger partial charge is 0.471 e. The van der Waals surface area contributed by atoms with Crippen molar-refractivity contribution < 1.29 is 27.2 Å². The Labute approximate surface area is 159 Å². The smallest absolute Gasteiger partial charge is 0.379 e. The number of ether oxygens (including phenoxy) is 1. The molecule has 0 bridgehead atoms. The first-order valence-corrected chi connectivity index (χ1v) is 8.89. The molecular formula is C18H21F3N4O3. The first-order chi connectivity index (χ1) is 13.3. The Balaban J connectivity index is 1.62. The standard InChI is InChI=1S/C18H21F3N4O3/c1-11(12(2)25-7-9-27-10-8-25)22-16(26)14-5-3-13(4-6-14)15-23-17(28-24-15)18(19,20)21/h3-6,11-12H,7-10H2,1-2H3,(H,22,26)/t11-,12+/m0/s1. The van der Waals surface area contributed by atoms with Crippen molar-refractivity contribution in [2.75, 3.05) is 26.3 Å². The van der Waals surface area contributed by atoms with Crippen LogP contribution in [0.1, 0.15) is 30.1 Å². The van der Waals surface area contributed by atoms with Gasteiger partial charge in [0.15, 0.2) is 0 Å². The molecule has 0 spiro atoms. The van der Waals surface area contributed by atoms with Gasteiger partial charge < -0.3 is 14.6 Å². The molecule has 152 valence electrons. The third-order valence-electron chi connectivity index (χ3n) is 4.78. The average molecular weight is 398 g/mol. The molecule has 0 unspecified atom stereocenters. The second-order valence-electron chi connectivity index (χ2n) is 6.65. The summed E-state index contributed by atoms with van der Waals surface area (Å²) in [5.41, 5.74) is 0.717. The molecule has 0 aliphatic carbocycles. The number of amides is 1. The predicted molar refractivity (Wildman–Crippen MR) is 93.5 cm³/mol. The first-order valence-electron chi connectivity index (χ1n) is 8.89. The van der Waals surface area contributed by atoms with Gasteiger partial charge in [0, 0.05) is 36.3 Å². The molecule has 0 radical (unpaired) electrons. The second-order valence-corrected chi connectivity index (χ2v) is 6.65. The summed E-state index contributed by atoms with van der Waals surface area (Å²) in [6.07, 6.45) is -4.70. The maximum absolute atomic E-state index is 12.5. The van der Waals surface area contributed by atoms with Gasteiger partial charge in [-0.05, 0) is 26.0 Å². The SMILES string of the molecule is C[C@H](NC(=O)c1ccc(-c2noc(C(F)(F)F)n2)cc1)[C@@H](C)N1CCOCC1. The molecule has 2 atom stereocenters. The summed E-state index contributed by atoms with van der Waals surface area (Å²) in [6.45, 7) is 6.98. The van der Waals surface area contributed by atoms with E-state index in [9.17, 15) is 18.0 Å². The van der Waals surface area contributed by atoms with Crippen molar-refractivity contribution in [2.24, 2.45) is 0 Å². The van der Waals surface area contributed by atoms with Crippen LogP contribution in [0, 0.1) is 0 Å². The molecule has 1 aromatic carbocycles. The number of alkyl halides is 3. The lowest BCUT2D eigenvalue weighted by molar-refractivity contribution is -0.159. The van der Waals surface area contributed by atoms with Crippen LogP contribution >= 0.6 is 0 Å². The van der Waals surface area contributed by atoms with Gasteiger partial charge in [0.1, 0.15) is 0 Å². The lowest BCUT2D eigenvalue weighted by atomic mass is 10.1. The van der Waals surface area contributed by atoms with Crippen LogP contribution in [-0.2, 0) is 10.9 Å². The van der Waals surface area contributed by atoms with E-state index in [1.54, 1.807) is 0 Å². The van der Waals surface area contributed by atoms with Crippen LogP contribution in [-0.4, -0.2) is 59.3 Å². The molecule has 1 amide bonds. The molecule has 7 nitrogen and oxygen atoms in total. The summed E-state index contributed by atoms with van der Waals surface area (Å²) in [5, 5.41) is 6.28. The van der Waals surface area contributed by atoms with Gasteiger partial charge in [-0.1, -0.05) is 17.3 Å². The van der Waals surface area contributed by atoms with Gasteiger partial charge in [-0.2, -0.15) is 18.2 Å². The number of carbonyl (C=O) groups excluding carboxylic acids is 1. The fourth-order valence-corrected chi connectivity index (χ4v) is 2.94. The number of nitrogens with one attached hydrogen (secondary N) is 1. The number of carbonyl (C=O) groups is 1. The Morgan fingerprint density at radius 3 is 2.39 bits per heavy atom. The highest BCUT2D eigenvalue weighted by Crippen LogP contribution is 2.29. The Morgan fingerprint density at radius 1 is 1.18 bits per heavy atom. The summed E-state index contributed by atoms with van der Waals surface area (Å²) in [7, 11) is 0. The Hall–Kier alpha value is -2.46. The zero-order valence-corrected chi connectivity index (χ0v) is 15.5. The van der Waals surface area contributed by atoms with E-state index in [1.807, 2.05) is 13.8 Å². The van der Waals surface area contributed by atoms with Gasteiger partial charge in [0.05, 0.1) is 13.2 Å². The van der Waals surface area contributed by atoms with E-state index in [-0.39, 0.29) is 23.8 Å². The summed E-state index contributed by atoms with van der Waals surface area (Å²) in [5.74, 6) is -1.85. The minimum atomic E-state index is -4.70. The van der Waals surface area contributed by atoms with E-state index in [2.05, 4.69) is 24.9 Å². The fraction of sp³-hybridized carbons (Fsp3) is 0.500. The summed E-state index contributed by atoms with van der Waals surface area (Å²) in [6, 6.07) is 6.05. The van der Waals surface area contributed by atoms with Crippen LogP contribution in [0.5, 0.6) is 0 Å². The molecule has 1 N–H and O–H groups in total. The van der Waals surface area contributed by atoms with E-state index >= 15 is 0 Å². The molecule has 1 fully saturated rings. The molecule has 10 heteroatoms. The number of rotatable bonds is 5. The monoisotopic (exact) mass is 398 g/mol. The van der Waals surface area contributed by atoms with Crippen LogP contribution in [0.15, 0.2) is 28.8 Å². The summed E-state index contributed by atoms with van der Waals surface area (Å²) in [4.78, 5) is 18.1. The van der Waals surface area contributed by atoms with Crippen molar-refractivity contribution in [1.29, 1.82) is 0 Å². The van der Waals surface area contributed by atoms with Gasteiger partial charge in [0.2, 0.25) is 5.82 Å². The number of benzene rings is 1. The van der Waals surface area contributed by atoms with E-state index in [0.717, 1.165) is 13.1 Å². The minimum absolute atomic E-state index is 0.0863. The maximum Gasteiger partial charge on any atom is 0.471 e. The number of morpholine rings is 1. The minimum Gasteiger partial charge on any atom is -0.379 e. The molecule has 2 heterocycles. The molecule has 3 rings (SSSR count). The van der Waals surface area contributed by atoms with Gasteiger partial charge in [-0.25, -0.2) is 0 Å². The highest BCUT2D eigenvalue weighted by atomic mass is 19.4. The summed E-state index contributed by atoms with van der Waals surface area (Å²) >= 11 is 0. The van der Waals surface area contributed by atoms with Crippen LogP contribution in [0.25, 0.3) is 11.4 Å². The number of halogens is 3. The molecular weight excluding hydrogens is 377 g/mol. The lowest BCUT2D eigenvalue weighted by Crippen LogP contribution is -2.52. The number of aromatic nitrogens is 2. The lowest BCUT2D eigenvalue weighted by Gasteiger charge is -2.35. The van der Waals surface area contributed by atoms with Crippen molar-refractivity contribution in [3.05, 3.63) is 35.7 Å². The Bertz CT molecular complexity index is 801. The molecule has 1 saturated heterocycles. The molecule has 1 aliphatic rings. The van der Waals surface area contributed by atoms with Crippen molar-refractivity contribution in [1.82, 2.24) is 20.4 Å². The Kier molecular flexibility index (Phi) is 5.99. The third kappa shape index (κ3) is 4.68. The molecule has 0 saturated carbocycles. The zero-order valence-electron chi connectivity index (χ0n) is 15.5. The Morgan fingerprint density at radius 2 is 1.82 bits per heavy atom. The van der Waals surface area contributed by atoms with E-state index in [0.29, 0.717) is 24.3 Å². The number of nitrogens with zero attached hydrogens (tertiary/aromatic N) is 3. The number of hydrogen-bond donors (Lipinski definition) is 1. The second kappa shape index (κ2) is 8.27. The molecule has 2 aromatic rings. The summed E-state index contributed by atoms with van der Waals surface area (Å²) < 4.78 is 47.2. The molecule has 1 aromatic heterocycles. The van der Waals surface area contributed by atoms with Crippen molar-refractivity contribution in [3.63, 3.8) is 0 Å². The predicted octanol–water partition coefficient (Wildman–Crippen LogP) is 2.59. The molecule has 1 aliphatic heterocycles. The average Bonchev–Trinajstić information content (AvgIpc) is 3.19. The van der Waals surface area contributed by atoms with Crippen LogP contribution in [0.2, 0.25) is 0 Å². The van der Waals surface area contributed by atoms with Gasteiger partial charge in [0.25, 0.3) is 5.91 Å². The quantitative estimate of drug-likeness (QED) is 0.834. The highest BCUT2D eigenvalue weighted by molar-refractivity contribution is 5.94. The van der Waals surface area contributed by atoms with Crippen molar-refractivity contribution >= 4 is 5.91 Å². The maximum atomic E-state index is 12.5.